The van der Waals surface area contributed by atoms with Gasteiger partial charge >= 0.3 is 0 Å². The first-order valence-corrected chi connectivity index (χ1v) is 11.8. The number of benzene rings is 2. The van der Waals surface area contributed by atoms with Crippen LogP contribution in [0.5, 0.6) is 0 Å². The molecule has 0 saturated carbocycles. The minimum Gasteiger partial charge on any atom is -0.459 e. The molecule has 3 aromatic heterocycles. The minimum atomic E-state index is -0.419. The lowest BCUT2D eigenvalue weighted by molar-refractivity contribution is 0.0995. The van der Waals surface area contributed by atoms with E-state index in [4.69, 9.17) is 8.94 Å². The van der Waals surface area contributed by atoms with Crippen molar-refractivity contribution >= 4 is 28.4 Å². The van der Waals surface area contributed by atoms with Crippen molar-refractivity contribution in [1.29, 1.82) is 0 Å². The van der Waals surface area contributed by atoms with Crippen molar-refractivity contribution < 1.29 is 18.8 Å². The Balaban J connectivity index is 1.30. The van der Waals surface area contributed by atoms with Crippen LogP contribution in [0.3, 0.4) is 0 Å². The molecule has 9 heteroatoms. The first kappa shape index (κ1) is 22.0. The Morgan fingerprint density at radius 1 is 1.03 bits per heavy atom. The van der Waals surface area contributed by atoms with E-state index in [0.717, 1.165) is 53.6 Å². The average molecular weight is 482 g/mol. The number of fused-ring (bicyclic) bond motifs is 1. The van der Waals surface area contributed by atoms with Gasteiger partial charge in [0.05, 0.1) is 23.4 Å². The van der Waals surface area contributed by atoms with Crippen molar-refractivity contribution in [1.82, 2.24) is 15.1 Å². The van der Waals surface area contributed by atoms with Crippen molar-refractivity contribution in [3.8, 4) is 22.6 Å². The molecule has 180 valence electrons. The molecular weight excluding hydrogens is 458 g/mol. The quantitative estimate of drug-likeness (QED) is 0.369. The molecule has 0 aliphatic carbocycles. The maximum Gasteiger partial charge on any atom is 0.293 e. The van der Waals surface area contributed by atoms with Crippen molar-refractivity contribution in [3.05, 3.63) is 78.9 Å². The first-order chi connectivity index (χ1) is 17.6. The summed E-state index contributed by atoms with van der Waals surface area (Å²) in [6.45, 7) is 1.64. The number of carbonyl (C=O) groups is 1. The Kier molecular flexibility index (Phi) is 5.67. The van der Waals surface area contributed by atoms with Gasteiger partial charge in [-0.2, -0.15) is 0 Å². The predicted molar refractivity (Wildman–Crippen MR) is 135 cm³/mol. The van der Waals surface area contributed by atoms with Crippen LogP contribution < -0.4 is 10.2 Å². The topological polar surface area (TPSA) is 118 Å². The standard InChI is InChI=1S/C27H23N5O4/c33-20-9-12-32(13-10-20)19-4-1-3-18(15-19)25-21-16-17(6-7-23(21)31-36-25)22-8-11-28-27(29-22)30-26(34)24-5-2-14-35-24/h1-8,11,14-16,20,33H,9-10,12-13H2,(H,28,29,30,34). The molecule has 0 spiro atoms. The molecular formula is C27H23N5O4. The van der Waals surface area contributed by atoms with E-state index >= 15 is 0 Å². The molecule has 0 unspecified atom stereocenters. The molecule has 4 heterocycles. The van der Waals surface area contributed by atoms with Gasteiger partial charge in [-0.3, -0.25) is 10.1 Å². The highest BCUT2D eigenvalue weighted by Gasteiger charge is 2.19. The van der Waals surface area contributed by atoms with E-state index in [2.05, 4.69) is 37.5 Å². The van der Waals surface area contributed by atoms with E-state index in [-0.39, 0.29) is 17.8 Å². The molecule has 0 radical (unpaired) electrons. The molecule has 0 atom stereocenters. The summed E-state index contributed by atoms with van der Waals surface area (Å²) in [4.78, 5) is 23.2. The SMILES string of the molecule is O=C(Nc1nccc(-c2ccc3noc(-c4cccc(N5CCC(O)CC5)c4)c3c2)n1)c1ccco1. The van der Waals surface area contributed by atoms with Crippen LogP contribution in [0.1, 0.15) is 23.4 Å². The second-order valence-electron chi connectivity index (χ2n) is 8.71. The van der Waals surface area contributed by atoms with Gasteiger partial charge in [0.2, 0.25) is 5.95 Å². The zero-order chi connectivity index (χ0) is 24.5. The summed E-state index contributed by atoms with van der Waals surface area (Å²) in [7, 11) is 0. The Morgan fingerprint density at radius 3 is 2.75 bits per heavy atom. The molecule has 5 aromatic rings. The lowest BCUT2D eigenvalue weighted by atomic mass is 10.0. The van der Waals surface area contributed by atoms with Crippen LogP contribution in [-0.2, 0) is 0 Å². The number of hydrogen-bond acceptors (Lipinski definition) is 8. The fourth-order valence-electron chi connectivity index (χ4n) is 4.43. The van der Waals surface area contributed by atoms with E-state index in [1.807, 2.05) is 30.3 Å². The fraction of sp³-hybridized carbons (Fsp3) is 0.185. The largest absolute Gasteiger partial charge is 0.459 e. The Morgan fingerprint density at radius 2 is 1.92 bits per heavy atom. The van der Waals surface area contributed by atoms with Crippen molar-refractivity contribution in [3.63, 3.8) is 0 Å². The number of nitrogens with one attached hydrogen (secondary N) is 1. The highest BCUT2D eigenvalue weighted by atomic mass is 16.5. The average Bonchev–Trinajstić information content (AvgIpc) is 3.60. The molecule has 36 heavy (non-hydrogen) atoms. The Bertz CT molecular complexity index is 1520. The zero-order valence-electron chi connectivity index (χ0n) is 19.3. The fourth-order valence-corrected chi connectivity index (χ4v) is 4.43. The third kappa shape index (κ3) is 4.32. The molecule has 1 saturated heterocycles. The third-order valence-electron chi connectivity index (χ3n) is 6.34. The summed E-state index contributed by atoms with van der Waals surface area (Å²) in [6.07, 6.45) is 4.34. The predicted octanol–water partition coefficient (Wildman–Crippen LogP) is 4.76. The van der Waals surface area contributed by atoms with Crippen LogP contribution in [0.25, 0.3) is 33.5 Å². The van der Waals surface area contributed by atoms with E-state index < -0.39 is 5.91 Å². The number of furan rings is 1. The molecule has 9 nitrogen and oxygen atoms in total. The molecule has 2 aromatic carbocycles. The van der Waals surface area contributed by atoms with Gasteiger partial charge in [0.15, 0.2) is 11.5 Å². The number of hydrogen-bond donors (Lipinski definition) is 2. The van der Waals surface area contributed by atoms with Crippen LogP contribution >= 0.6 is 0 Å². The van der Waals surface area contributed by atoms with Gasteiger partial charge < -0.3 is 18.9 Å². The highest BCUT2D eigenvalue weighted by molar-refractivity contribution is 6.01. The number of amides is 1. The summed E-state index contributed by atoms with van der Waals surface area (Å²) in [5.41, 5.74) is 4.24. The van der Waals surface area contributed by atoms with Gasteiger partial charge in [-0.25, -0.2) is 9.97 Å². The number of piperidine rings is 1. The van der Waals surface area contributed by atoms with Gasteiger partial charge in [0.25, 0.3) is 5.91 Å². The van der Waals surface area contributed by atoms with E-state index in [9.17, 15) is 9.90 Å². The number of aromatic nitrogens is 3. The van der Waals surface area contributed by atoms with Gasteiger partial charge in [-0.15, -0.1) is 0 Å². The van der Waals surface area contributed by atoms with Gasteiger partial charge in [0.1, 0.15) is 5.52 Å². The molecule has 1 aliphatic heterocycles. The zero-order valence-corrected chi connectivity index (χ0v) is 19.3. The molecule has 0 bridgehead atoms. The number of rotatable bonds is 5. The van der Waals surface area contributed by atoms with E-state index in [0.29, 0.717) is 11.5 Å². The summed E-state index contributed by atoms with van der Waals surface area (Å²) in [5.74, 6) is 0.615. The van der Waals surface area contributed by atoms with Crippen LogP contribution in [0.4, 0.5) is 11.6 Å². The third-order valence-corrected chi connectivity index (χ3v) is 6.34. The van der Waals surface area contributed by atoms with E-state index in [1.54, 1.807) is 24.4 Å². The summed E-state index contributed by atoms with van der Waals surface area (Å²) < 4.78 is 10.9. The Labute approximate surface area is 206 Å². The van der Waals surface area contributed by atoms with Crippen LogP contribution in [0.15, 0.2) is 82.1 Å². The number of aliphatic hydroxyl groups is 1. The monoisotopic (exact) mass is 481 g/mol. The number of aliphatic hydroxyl groups excluding tert-OH is 1. The number of anilines is 2. The summed E-state index contributed by atoms with van der Waals surface area (Å²) >= 11 is 0. The van der Waals surface area contributed by atoms with Gasteiger partial charge in [-0.1, -0.05) is 23.4 Å². The number of nitrogens with zero attached hydrogens (tertiary/aromatic N) is 4. The van der Waals surface area contributed by atoms with Crippen LogP contribution in [-0.4, -0.2) is 45.3 Å². The van der Waals surface area contributed by atoms with E-state index in [1.165, 1.54) is 6.26 Å². The maximum atomic E-state index is 12.3. The van der Waals surface area contributed by atoms with Crippen molar-refractivity contribution in [2.75, 3.05) is 23.3 Å². The van der Waals surface area contributed by atoms with Crippen LogP contribution in [0.2, 0.25) is 0 Å². The van der Waals surface area contributed by atoms with Crippen molar-refractivity contribution in [2.24, 2.45) is 0 Å². The molecule has 1 aliphatic rings. The Hall–Kier alpha value is -4.50. The second-order valence-corrected chi connectivity index (χ2v) is 8.71. The van der Waals surface area contributed by atoms with Gasteiger partial charge in [0, 0.05) is 36.1 Å². The smallest absolute Gasteiger partial charge is 0.293 e. The lowest BCUT2D eigenvalue weighted by Gasteiger charge is -2.31. The normalized spacial score (nSPS) is 14.3. The maximum absolute atomic E-state index is 12.3. The van der Waals surface area contributed by atoms with Gasteiger partial charge in [-0.05, 0) is 55.3 Å². The molecule has 1 amide bonds. The molecule has 6 rings (SSSR count). The first-order valence-electron chi connectivity index (χ1n) is 11.8. The number of carbonyl (C=O) groups excluding carboxylic acids is 1. The summed E-state index contributed by atoms with van der Waals surface area (Å²) in [6, 6.07) is 18.9. The van der Waals surface area contributed by atoms with Crippen LogP contribution in [0, 0.1) is 0 Å². The molecule has 1 fully saturated rings. The highest BCUT2D eigenvalue weighted by Crippen LogP contribution is 2.34. The molecule has 2 N–H and O–H groups in total. The summed E-state index contributed by atoms with van der Waals surface area (Å²) in [5, 5.41) is 17.6. The lowest BCUT2D eigenvalue weighted by Crippen LogP contribution is -2.35. The second kappa shape index (κ2) is 9.27. The minimum absolute atomic E-state index is 0.180. The van der Waals surface area contributed by atoms with Crippen molar-refractivity contribution in [2.45, 2.75) is 18.9 Å².